The lowest BCUT2D eigenvalue weighted by Crippen LogP contribution is -2.45. The molecule has 1 fully saturated rings. The molecule has 2 aliphatic heterocycles. The maximum atomic E-state index is 5.98. The van der Waals surface area contributed by atoms with Gasteiger partial charge in [-0.1, -0.05) is 12.1 Å². The Morgan fingerprint density at radius 1 is 1.08 bits per heavy atom. The van der Waals surface area contributed by atoms with Gasteiger partial charge in [-0.05, 0) is 31.0 Å². The summed E-state index contributed by atoms with van der Waals surface area (Å²) < 4.78 is 8.10. The monoisotopic (exact) mass is 340 g/mol. The molecule has 1 saturated heterocycles. The highest BCUT2D eigenvalue weighted by Gasteiger charge is 2.30. The van der Waals surface area contributed by atoms with Crippen molar-refractivity contribution >= 4 is 0 Å². The molecular formula is C20H28N4O. The van der Waals surface area contributed by atoms with Gasteiger partial charge in [-0.2, -0.15) is 0 Å². The third kappa shape index (κ3) is 3.72. The molecule has 0 atom stereocenters. The highest BCUT2D eigenvalue weighted by Crippen LogP contribution is 2.35. The van der Waals surface area contributed by atoms with Gasteiger partial charge in [-0.15, -0.1) is 0 Å². The summed E-state index contributed by atoms with van der Waals surface area (Å²) in [6.45, 7) is 10.7. The summed E-state index contributed by atoms with van der Waals surface area (Å²) >= 11 is 0. The standard InChI is InChI=1S/C20H28N4O/c1-20(2)13-17-12-16(4-5-18(17)25-20)14-23-8-10-24(11-9-23)15-19-21-6-7-22(19)3/h4-7,12H,8-11,13-15H2,1-3H3. The first-order valence-electron chi connectivity index (χ1n) is 9.20. The smallest absolute Gasteiger partial charge is 0.123 e. The number of nitrogens with zero attached hydrogens (tertiary/aromatic N) is 4. The molecule has 1 aromatic heterocycles. The van der Waals surface area contributed by atoms with E-state index in [0.29, 0.717) is 0 Å². The predicted molar refractivity (Wildman–Crippen MR) is 98.6 cm³/mol. The number of fused-ring (bicyclic) bond motifs is 1. The zero-order valence-electron chi connectivity index (χ0n) is 15.5. The third-order valence-electron chi connectivity index (χ3n) is 5.28. The fourth-order valence-electron chi connectivity index (χ4n) is 3.87. The van der Waals surface area contributed by atoms with Crippen molar-refractivity contribution in [2.24, 2.45) is 7.05 Å². The average molecular weight is 340 g/mol. The van der Waals surface area contributed by atoms with Crippen LogP contribution in [-0.4, -0.2) is 51.1 Å². The summed E-state index contributed by atoms with van der Waals surface area (Å²) in [6.07, 6.45) is 4.91. The molecule has 4 rings (SSSR count). The minimum absolute atomic E-state index is 0.0580. The Labute approximate surface area is 150 Å². The number of rotatable bonds is 4. The molecule has 1 aromatic carbocycles. The third-order valence-corrected chi connectivity index (χ3v) is 5.28. The van der Waals surface area contributed by atoms with Crippen molar-refractivity contribution in [3.63, 3.8) is 0 Å². The summed E-state index contributed by atoms with van der Waals surface area (Å²) in [5.74, 6) is 2.21. The van der Waals surface area contributed by atoms with Crippen LogP contribution in [0.1, 0.15) is 30.8 Å². The second-order valence-corrected chi connectivity index (χ2v) is 7.99. The van der Waals surface area contributed by atoms with Crippen LogP contribution in [0.2, 0.25) is 0 Å². The molecule has 2 aliphatic rings. The molecule has 0 aliphatic carbocycles. The van der Waals surface area contributed by atoms with Crippen LogP contribution in [0.5, 0.6) is 5.75 Å². The Balaban J connectivity index is 1.31. The largest absolute Gasteiger partial charge is 0.487 e. The molecule has 2 aromatic rings. The molecular weight excluding hydrogens is 312 g/mol. The van der Waals surface area contributed by atoms with Crippen molar-refractivity contribution in [3.05, 3.63) is 47.5 Å². The number of ether oxygens (including phenoxy) is 1. The molecule has 0 radical (unpaired) electrons. The van der Waals surface area contributed by atoms with Crippen LogP contribution in [0.3, 0.4) is 0 Å². The predicted octanol–water partition coefficient (Wildman–Crippen LogP) is 2.45. The van der Waals surface area contributed by atoms with Gasteiger partial charge in [0.1, 0.15) is 17.2 Å². The van der Waals surface area contributed by atoms with E-state index < -0.39 is 0 Å². The number of hydrogen-bond donors (Lipinski definition) is 0. The Bertz CT molecular complexity index is 744. The lowest BCUT2D eigenvalue weighted by molar-refractivity contribution is 0.119. The van der Waals surface area contributed by atoms with E-state index in [0.717, 1.165) is 57.3 Å². The number of aromatic nitrogens is 2. The normalized spacial score (nSPS) is 20.4. The first-order valence-corrected chi connectivity index (χ1v) is 9.20. The maximum Gasteiger partial charge on any atom is 0.123 e. The van der Waals surface area contributed by atoms with Crippen LogP contribution in [0.4, 0.5) is 0 Å². The van der Waals surface area contributed by atoms with E-state index in [1.54, 1.807) is 0 Å². The minimum atomic E-state index is -0.0580. The fraction of sp³-hybridized carbons (Fsp3) is 0.550. The molecule has 3 heterocycles. The van der Waals surface area contributed by atoms with Crippen molar-refractivity contribution in [2.45, 2.75) is 39.0 Å². The van der Waals surface area contributed by atoms with Gasteiger partial charge in [0.05, 0.1) is 6.54 Å². The minimum Gasteiger partial charge on any atom is -0.487 e. The van der Waals surface area contributed by atoms with Crippen LogP contribution < -0.4 is 4.74 Å². The van der Waals surface area contributed by atoms with Crippen molar-refractivity contribution in [3.8, 4) is 5.75 Å². The van der Waals surface area contributed by atoms with Gasteiger partial charge in [0, 0.05) is 58.6 Å². The summed E-state index contributed by atoms with van der Waals surface area (Å²) in [6, 6.07) is 6.71. The Morgan fingerprint density at radius 3 is 2.48 bits per heavy atom. The number of aryl methyl sites for hydroxylation is 1. The molecule has 134 valence electrons. The van der Waals surface area contributed by atoms with Gasteiger partial charge in [0.15, 0.2) is 0 Å². The maximum absolute atomic E-state index is 5.98. The van der Waals surface area contributed by atoms with Crippen LogP contribution in [-0.2, 0) is 26.6 Å². The number of benzene rings is 1. The van der Waals surface area contributed by atoms with E-state index in [2.05, 4.69) is 58.4 Å². The van der Waals surface area contributed by atoms with Crippen LogP contribution in [0.15, 0.2) is 30.6 Å². The zero-order chi connectivity index (χ0) is 17.4. The van der Waals surface area contributed by atoms with Crippen LogP contribution >= 0.6 is 0 Å². The zero-order valence-corrected chi connectivity index (χ0v) is 15.5. The van der Waals surface area contributed by atoms with E-state index >= 15 is 0 Å². The summed E-state index contributed by atoms with van der Waals surface area (Å²) in [5.41, 5.74) is 2.70. The number of piperazine rings is 1. The van der Waals surface area contributed by atoms with Gasteiger partial charge in [0.2, 0.25) is 0 Å². The lowest BCUT2D eigenvalue weighted by atomic mass is 10.00. The van der Waals surface area contributed by atoms with E-state index in [1.807, 2.05) is 12.4 Å². The van der Waals surface area contributed by atoms with Gasteiger partial charge >= 0.3 is 0 Å². The van der Waals surface area contributed by atoms with Crippen LogP contribution in [0, 0.1) is 0 Å². The molecule has 5 nitrogen and oxygen atoms in total. The van der Waals surface area contributed by atoms with Crippen molar-refractivity contribution in [2.75, 3.05) is 26.2 Å². The van der Waals surface area contributed by atoms with E-state index in [1.165, 1.54) is 11.1 Å². The van der Waals surface area contributed by atoms with Gasteiger partial charge in [-0.25, -0.2) is 4.98 Å². The molecule has 0 N–H and O–H groups in total. The second-order valence-electron chi connectivity index (χ2n) is 7.99. The quantitative estimate of drug-likeness (QED) is 0.856. The Hall–Kier alpha value is -1.85. The van der Waals surface area contributed by atoms with Crippen molar-refractivity contribution in [1.82, 2.24) is 19.4 Å². The topological polar surface area (TPSA) is 33.5 Å². The summed E-state index contributed by atoms with van der Waals surface area (Å²) in [4.78, 5) is 9.49. The molecule has 0 spiro atoms. The van der Waals surface area contributed by atoms with Crippen molar-refractivity contribution in [1.29, 1.82) is 0 Å². The molecule has 0 bridgehead atoms. The van der Waals surface area contributed by atoms with Crippen LogP contribution in [0.25, 0.3) is 0 Å². The van der Waals surface area contributed by atoms with E-state index in [-0.39, 0.29) is 5.60 Å². The second kappa shape index (κ2) is 6.46. The average Bonchev–Trinajstić information content (AvgIpc) is 3.10. The number of hydrogen-bond acceptors (Lipinski definition) is 4. The Morgan fingerprint density at radius 2 is 1.80 bits per heavy atom. The van der Waals surface area contributed by atoms with E-state index in [4.69, 9.17) is 4.74 Å². The number of imidazole rings is 1. The highest BCUT2D eigenvalue weighted by atomic mass is 16.5. The molecule has 0 saturated carbocycles. The van der Waals surface area contributed by atoms with Crippen molar-refractivity contribution < 1.29 is 4.74 Å². The molecule has 0 unspecified atom stereocenters. The lowest BCUT2D eigenvalue weighted by Gasteiger charge is -2.34. The molecule has 0 amide bonds. The summed E-state index contributed by atoms with van der Waals surface area (Å²) in [5, 5.41) is 0. The molecule has 25 heavy (non-hydrogen) atoms. The first kappa shape index (κ1) is 16.6. The summed E-state index contributed by atoms with van der Waals surface area (Å²) in [7, 11) is 2.07. The fourth-order valence-corrected chi connectivity index (χ4v) is 3.87. The Kier molecular flexibility index (Phi) is 4.29. The molecule has 5 heteroatoms. The van der Waals surface area contributed by atoms with E-state index in [9.17, 15) is 0 Å². The van der Waals surface area contributed by atoms with Gasteiger partial charge < -0.3 is 9.30 Å². The SMILES string of the molecule is Cn1ccnc1CN1CCN(Cc2ccc3c(c2)CC(C)(C)O3)CC1. The van der Waals surface area contributed by atoms with Gasteiger partial charge in [-0.3, -0.25) is 9.80 Å². The highest BCUT2D eigenvalue weighted by molar-refractivity contribution is 5.41. The van der Waals surface area contributed by atoms with Gasteiger partial charge in [0.25, 0.3) is 0 Å². The first-order chi connectivity index (χ1) is 12.0.